The number of carbonyl (C=O) groups is 3. The molecule has 0 unspecified atom stereocenters. The van der Waals surface area contributed by atoms with Gasteiger partial charge in [-0.2, -0.15) is 5.10 Å². The Morgan fingerprint density at radius 2 is 1.71 bits per heavy atom. The number of nitrogens with zero attached hydrogens (tertiary/aromatic N) is 2. The molecule has 0 aromatic carbocycles. The molecule has 1 rings (SSSR count). The lowest BCUT2D eigenvalue weighted by Crippen LogP contribution is -2.42. The third-order valence-electron chi connectivity index (χ3n) is 2.87. The second-order valence-electron chi connectivity index (χ2n) is 6.26. The zero-order chi connectivity index (χ0) is 16.0. The molecule has 1 fully saturated rings. The van der Waals surface area contributed by atoms with E-state index in [4.69, 9.17) is 0 Å². The van der Waals surface area contributed by atoms with Gasteiger partial charge in [-0.25, -0.2) is 5.43 Å². The molecular weight excluding hydrogens is 272 g/mol. The second-order valence-corrected chi connectivity index (χ2v) is 6.26. The molecule has 1 heterocycles. The lowest BCUT2D eigenvalue weighted by molar-refractivity contribution is -0.145. The van der Waals surface area contributed by atoms with Crippen LogP contribution in [0.3, 0.4) is 0 Å². The van der Waals surface area contributed by atoms with Crippen molar-refractivity contribution in [2.24, 2.45) is 5.10 Å². The molecule has 2 N–H and O–H groups in total. The Bertz CT molecular complexity index is 446. The van der Waals surface area contributed by atoms with Crippen LogP contribution in [0.1, 0.15) is 47.0 Å². The van der Waals surface area contributed by atoms with Gasteiger partial charge in [-0.05, 0) is 40.5 Å². The van der Waals surface area contributed by atoms with Crippen molar-refractivity contribution in [3.05, 3.63) is 0 Å². The van der Waals surface area contributed by atoms with Crippen LogP contribution >= 0.6 is 0 Å². The number of hydrogen-bond acceptors (Lipinski definition) is 4. The van der Waals surface area contributed by atoms with Gasteiger partial charge < -0.3 is 10.2 Å². The van der Waals surface area contributed by atoms with Gasteiger partial charge in [0.2, 0.25) is 5.91 Å². The first-order valence-electron chi connectivity index (χ1n) is 7.12. The Hall–Kier alpha value is -1.92. The number of amides is 3. The molecule has 1 saturated heterocycles. The molecule has 7 heteroatoms. The summed E-state index contributed by atoms with van der Waals surface area (Å²) < 4.78 is 0. The predicted molar refractivity (Wildman–Crippen MR) is 79.6 cm³/mol. The highest BCUT2D eigenvalue weighted by Gasteiger charge is 2.24. The van der Waals surface area contributed by atoms with E-state index >= 15 is 0 Å². The molecule has 0 aromatic heterocycles. The average Bonchev–Trinajstić information content (AvgIpc) is 2.86. The predicted octanol–water partition coefficient (Wildman–Crippen LogP) is 0.406. The third-order valence-corrected chi connectivity index (χ3v) is 2.87. The van der Waals surface area contributed by atoms with E-state index in [1.54, 1.807) is 6.92 Å². The van der Waals surface area contributed by atoms with Gasteiger partial charge in [0.15, 0.2) is 0 Å². The fraction of sp³-hybridized carbons (Fsp3) is 0.714. The smallest absolute Gasteiger partial charge is 0.329 e. The summed E-state index contributed by atoms with van der Waals surface area (Å²) in [6.07, 6.45) is 1.93. The van der Waals surface area contributed by atoms with Crippen LogP contribution in [-0.2, 0) is 14.4 Å². The maximum absolute atomic E-state index is 11.7. The second kappa shape index (κ2) is 7.19. The third kappa shape index (κ3) is 6.37. The van der Waals surface area contributed by atoms with Crippen LogP contribution in [0.25, 0.3) is 0 Å². The summed E-state index contributed by atoms with van der Waals surface area (Å²) in [6.45, 7) is 8.50. The van der Waals surface area contributed by atoms with Crippen molar-refractivity contribution < 1.29 is 14.4 Å². The summed E-state index contributed by atoms with van der Waals surface area (Å²) >= 11 is 0. The van der Waals surface area contributed by atoms with Crippen molar-refractivity contribution in [1.29, 1.82) is 0 Å². The normalized spacial score (nSPS) is 15.8. The standard InChI is InChI=1S/C14H24N4O3/c1-10(9-11(19)15-14(2,3)4)16-17-12(20)13(21)18-7-5-6-8-18/h5-9H2,1-4H3,(H,15,19)(H,17,20). The number of carbonyl (C=O) groups excluding carboxylic acids is 3. The van der Waals surface area contributed by atoms with Gasteiger partial charge in [0.1, 0.15) is 0 Å². The molecule has 118 valence electrons. The topological polar surface area (TPSA) is 90.9 Å². The molecule has 3 amide bonds. The monoisotopic (exact) mass is 296 g/mol. The van der Waals surface area contributed by atoms with Crippen LogP contribution in [0.2, 0.25) is 0 Å². The molecule has 0 aromatic rings. The highest BCUT2D eigenvalue weighted by atomic mass is 16.2. The fourth-order valence-electron chi connectivity index (χ4n) is 1.99. The lowest BCUT2D eigenvalue weighted by Gasteiger charge is -2.20. The summed E-state index contributed by atoms with van der Waals surface area (Å²) in [7, 11) is 0. The largest absolute Gasteiger partial charge is 0.351 e. The first-order chi connectivity index (χ1) is 9.69. The molecule has 7 nitrogen and oxygen atoms in total. The van der Waals surface area contributed by atoms with Gasteiger partial charge in [0, 0.05) is 24.3 Å². The number of hydrazone groups is 1. The van der Waals surface area contributed by atoms with E-state index in [9.17, 15) is 14.4 Å². The van der Waals surface area contributed by atoms with Gasteiger partial charge in [0.05, 0.1) is 6.42 Å². The van der Waals surface area contributed by atoms with E-state index in [1.807, 2.05) is 20.8 Å². The lowest BCUT2D eigenvalue weighted by atomic mass is 10.1. The van der Waals surface area contributed by atoms with Crippen LogP contribution in [0.4, 0.5) is 0 Å². The summed E-state index contributed by atoms with van der Waals surface area (Å²) in [5.41, 5.74) is 2.34. The molecule has 21 heavy (non-hydrogen) atoms. The quantitative estimate of drug-likeness (QED) is 0.449. The summed E-state index contributed by atoms with van der Waals surface area (Å²) in [5, 5.41) is 6.59. The number of hydrogen-bond donors (Lipinski definition) is 2. The molecule has 0 radical (unpaired) electrons. The summed E-state index contributed by atoms with van der Waals surface area (Å²) in [5.74, 6) is -1.50. The van der Waals surface area contributed by atoms with E-state index in [-0.39, 0.29) is 17.9 Å². The zero-order valence-corrected chi connectivity index (χ0v) is 13.2. The molecule has 0 spiro atoms. The van der Waals surface area contributed by atoms with Gasteiger partial charge >= 0.3 is 11.8 Å². The number of likely N-dealkylation sites (tertiary alicyclic amines) is 1. The van der Waals surface area contributed by atoms with Crippen LogP contribution in [0.15, 0.2) is 5.10 Å². The highest BCUT2D eigenvalue weighted by Crippen LogP contribution is 2.07. The average molecular weight is 296 g/mol. The molecule has 0 saturated carbocycles. The summed E-state index contributed by atoms with van der Waals surface area (Å²) in [4.78, 5) is 36.6. The fourth-order valence-corrected chi connectivity index (χ4v) is 1.99. The molecule has 1 aliphatic rings. The Balaban J connectivity index is 2.42. The van der Waals surface area contributed by atoms with Crippen LogP contribution in [0, 0.1) is 0 Å². The minimum Gasteiger partial charge on any atom is -0.351 e. The van der Waals surface area contributed by atoms with Gasteiger partial charge in [-0.15, -0.1) is 0 Å². The molecule has 0 atom stereocenters. The van der Waals surface area contributed by atoms with Crippen LogP contribution in [0.5, 0.6) is 0 Å². The molecule has 0 bridgehead atoms. The Morgan fingerprint density at radius 1 is 1.14 bits per heavy atom. The minimum atomic E-state index is -0.757. The van der Waals surface area contributed by atoms with Crippen molar-refractivity contribution in [2.75, 3.05) is 13.1 Å². The van der Waals surface area contributed by atoms with Crippen molar-refractivity contribution >= 4 is 23.4 Å². The first-order valence-corrected chi connectivity index (χ1v) is 7.12. The number of nitrogens with one attached hydrogen (secondary N) is 2. The number of rotatable bonds is 3. The highest BCUT2D eigenvalue weighted by molar-refractivity contribution is 6.35. The van der Waals surface area contributed by atoms with E-state index in [0.29, 0.717) is 18.8 Å². The van der Waals surface area contributed by atoms with Crippen molar-refractivity contribution in [3.8, 4) is 0 Å². The minimum absolute atomic E-state index is 0.0788. The Kier molecular flexibility index (Phi) is 5.87. The molecule has 1 aliphatic heterocycles. The molecular formula is C14H24N4O3. The van der Waals surface area contributed by atoms with Gasteiger partial charge in [-0.1, -0.05) is 0 Å². The van der Waals surface area contributed by atoms with E-state index in [1.165, 1.54) is 4.90 Å². The Labute approximate surface area is 125 Å². The summed E-state index contributed by atoms with van der Waals surface area (Å²) in [6, 6.07) is 0. The van der Waals surface area contributed by atoms with Crippen LogP contribution in [-0.4, -0.2) is 47.0 Å². The first kappa shape index (κ1) is 17.1. The van der Waals surface area contributed by atoms with Crippen LogP contribution < -0.4 is 10.7 Å². The van der Waals surface area contributed by atoms with Crippen molar-refractivity contribution in [2.45, 2.75) is 52.5 Å². The van der Waals surface area contributed by atoms with E-state index in [0.717, 1.165) is 12.8 Å². The Morgan fingerprint density at radius 3 is 2.24 bits per heavy atom. The SMILES string of the molecule is CC(CC(=O)NC(C)(C)C)=NNC(=O)C(=O)N1CCCC1. The van der Waals surface area contributed by atoms with E-state index < -0.39 is 11.8 Å². The maximum Gasteiger partial charge on any atom is 0.329 e. The van der Waals surface area contributed by atoms with Gasteiger partial charge in [-0.3, -0.25) is 14.4 Å². The van der Waals surface area contributed by atoms with Gasteiger partial charge in [0.25, 0.3) is 0 Å². The van der Waals surface area contributed by atoms with E-state index in [2.05, 4.69) is 15.8 Å². The van der Waals surface area contributed by atoms with Crippen molar-refractivity contribution in [3.63, 3.8) is 0 Å². The maximum atomic E-state index is 11.7. The molecule has 0 aliphatic carbocycles. The van der Waals surface area contributed by atoms with Crippen molar-refractivity contribution in [1.82, 2.24) is 15.6 Å². The zero-order valence-electron chi connectivity index (χ0n) is 13.2.